The first kappa shape index (κ1) is 9.00. The van der Waals surface area contributed by atoms with Crippen molar-refractivity contribution in [3.8, 4) is 0 Å². The van der Waals surface area contributed by atoms with E-state index < -0.39 is 0 Å². The lowest BCUT2D eigenvalue weighted by atomic mass is 9.99. The molecule has 74 valence electrons. The number of hydrogen-bond donors (Lipinski definition) is 2. The molecular formula is C10H18N2O. The molecule has 1 saturated heterocycles. The number of hydrogen-bond acceptors (Lipinski definition) is 2. The third kappa shape index (κ3) is 2.21. The van der Waals surface area contributed by atoms with Gasteiger partial charge in [0.2, 0.25) is 5.91 Å². The zero-order valence-electron chi connectivity index (χ0n) is 8.18. The molecule has 0 spiro atoms. The van der Waals surface area contributed by atoms with E-state index in [-0.39, 0.29) is 11.8 Å². The third-order valence-corrected chi connectivity index (χ3v) is 3.10. The van der Waals surface area contributed by atoms with E-state index in [1.807, 2.05) is 0 Å². The molecular weight excluding hydrogens is 164 g/mol. The largest absolute Gasteiger partial charge is 0.353 e. The zero-order valence-corrected chi connectivity index (χ0v) is 8.18. The fourth-order valence-electron chi connectivity index (χ4n) is 1.90. The maximum absolute atomic E-state index is 11.6. The van der Waals surface area contributed by atoms with E-state index in [0.717, 1.165) is 25.9 Å². The van der Waals surface area contributed by atoms with E-state index in [9.17, 15) is 4.79 Å². The molecule has 2 N–H and O–H groups in total. The van der Waals surface area contributed by atoms with Crippen molar-refractivity contribution in [3.63, 3.8) is 0 Å². The Bertz CT molecular complexity index is 199. The Kier molecular flexibility index (Phi) is 2.54. The van der Waals surface area contributed by atoms with Gasteiger partial charge in [0.15, 0.2) is 0 Å². The second kappa shape index (κ2) is 3.66. The molecule has 3 atom stereocenters. The molecule has 2 fully saturated rings. The van der Waals surface area contributed by atoms with Crippen LogP contribution in [0.3, 0.4) is 0 Å². The summed E-state index contributed by atoms with van der Waals surface area (Å²) in [4.78, 5) is 11.6. The smallest absolute Gasteiger partial charge is 0.224 e. The Morgan fingerprint density at radius 1 is 1.54 bits per heavy atom. The second-order valence-electron chi connectivity index (χ2n) is 4.37. The van der Waals surface area contributed by atoms with Gasteiger partial charge < -0.3 is 10.6 Å². The predicted molar refractivity (Wildman–Crippen MR) is 51.3 cm³/mol. The van der Waals surface area contributed by atoms with Crippen molar-refractivity contribution in [2.45, 2.75) is 32.2 Å². The molecule has 0 aromatic carbocycles. The Morgan fingerprint density at radius 3 is 2.85 bits per heavy atom. The van der Waals surface area contributed by atoms with Crippen LogP contribution in [0, 0.1) is 11.8 Å². The highest BCUT2D eigenvalue weighted by molar-refractivity contribution is 5.79. The minimum absolute atomic E-state index is 0.224. The van der Waals surface area contributed by atoms with Gasteiger partial charge in [0.05, 0.1) is 5.92 Å². The van der Waals surface area contributed by atoms with Crippen LogP contribution in [-0.4, -0.2) is 25.0 Å². The average Bonchev–Trinajstić information content (AvgIpc) is 2.83. The van der Waals surface area contributed by atoms with Crippen LogP contribution < -0.4 is 10.6 Å². The first-order chi connectivity index (χ1) is 6.27. The van der Waals surface area contributed by atoms with Gasteiger partial charge in [-0.3, -0.25) is 4.79 Å². The normalized spacial score (nSPS) is 38.4. The number of nitrogens with one attached hydrogen (secondary N) is 2. The van der Waals surface area contributed by atoms with E-state index in [2.05, 4.69) is 17.6 Å². The van der Waals surface area contributed by atoms with Crippen molar-refractivity contribution >= 4 is 5.91 Å². The van der Waals surface area contributed by atoms with Gasteiger partial charge in [0.1, 0.15) is 0 Å². The van der Waals surface area contributed by atoms with Crippen molar-refractivity contribution in [1.82, 2.24) is 10.6 Å². The molecule has 1 saturated carbocycles. The monoisotopic (exact) mass is 182 g/mol. The van der Waals surface area contributed by atoms with Crippen LogP contribution in [0.25, 0.3) is 0 Å². The summed E-state index contributed by atoms with van der Waals surface area (Å²) in [6.45, 7) is 4.13. The Morgan fingerprint density at radius 2 is 2.31 bits per heavy atom. The summed E-state index contributed by atoms with van der Waals surface area (Å²) >= 11 is 0. The Hall–Kier alpha value is -0.570. The van der Waals surface area contributed by atoms with E-state index in [4.69, 9.17) is 0 Å². The van der Waals surface area contributed by atoms with Crippen LogP contribution >= 0.6 is 0 Å². The first-order valence-electron chi connectivity index (χ1n) is 5.28. The standard InChI is InChI=1S/C10H18N2O/c1-7-5-9(7)12-10(13)8-3-2-4-11-6-8/h7-9,11H,2-6H2,1H3,(H,12,13)/t7?,8-,9?/m0/s1. The third-order valence-electron chi connectivity index (χ3n) is 3.10. The number of rotatable bonds is 2. The molecule has 0 radical (unpaired) electrons. The quantitative estimate of drug-likeness (QED) is 0.653. The lowest BCUT2D eigenvalue weighted by Crippen LogP contribution is -2.41. The van der Waals surface area contributed by atoms with Gasteiger partial charge in [-0.05, 0) is 31.7 Å². The van der Waals surface area contributed by atoms with Crippen LogP contribution in [0.15, 0.2) is 0 Å². The van der Waals surface area contributed by atoms with Gasteiger partial charge >= 0.3 is 0 Å². The van der Waals surface area contributed by atoms with Crippen molar-refractivity contribution in [1.29, 1.82) is 0 Å². The molecule has 1 heterocycles. The molecule has 2 unspecified atom stereocenters. The predicted octanol–water partition coefficient (Wildman–Crippen LogP) is 0.511. The molecule has 3 nitrogen and oxygen atoms in total. The van der Waals surface area contributed by atoms with Gasteiger partial charge in [0, 0.05) is 12.6 Å². The molecule has 1 aliphatic carbocycles. The van der Waals surface area contributed by atoms with Crippen molar-refractivity contribution in [2.75, 3.05) is 13.1 Å². The fourth-order valence-corrected chi connectivity index (χ4v) is 1.90. The SMILES string of the molecule is CC1CC1NC(=O)[C@H]1CCCNC1. The molecule has 2 aliphatic rings. The summed E-state index contributed by atoms with van der Waals surface area (Å²) in [6, 6.07) is 0.481. The van der Waals surface area contributed by atoms with Gasteiger partial charge in [0.25, 0.3) is 0 Å². The number of carbonyl (C=O) groups excluding carboxylic acids is 1. The van der Waals surface area contributed by atoms with Gasteiger partial charge in [-0.25, -0.2) is 0 Å². The van der Waals surface area contributed by atoms with E-state index in [1.165, 1.54) is 6.42 Å². The van der Waals surface area contributed by atoms with Crippen LogP contribution in [0.2, 0.25) is 0 Å². The molecule has 0 bridgehead atoms. The molecule has 2 rings (SSSR count). The highest BCUT2D eigenvalue weighted by Crippen LogP contribution is 2.29. The minimum atomic E-state index is 0.224. The molecule has 1 amide bonds. The van der Waals surface area contributed by atoms with Crippen molar-refractivity contribution < 1.29 is 4.79 Å². The maximum Gasteiger partial charge on any atom is 0.224 e. The molecule has 0 aromatic rings. The van der Waals surface area contributed by atoms with Crippen LogP contribution in [0.1, 0.15) is 26.2 Å². The Balaban J connectivity index is 1.75. The van der Waals surface area contributed by atoms with E-state index in [1.54, 1.807) is 0 Å². The van der Waals surface area contributed by atoms with E-state index in [0.29, 0.717) is 12.0 Å². The van der Waals surface area contributed by atoms with Gasteiger partial charge in [-0.1, -0.05) is 6.92 Å². The van der Waals surface area contributed by atoms with Crippen LogP contribution in [0.4, 0.5) is 0 Å². The minimum Gasteiger partial charge on any atom is -0.353 e. The average molecular weight is 182 g/mol. The lowest BCUT2D eigenvalue weighted by molar-refractivity contribution is -0.125. The van der Waals surface area contributed by atoms with Gasteiger partial charge in [-0.2, -0.15) is 0 Å². The van der Waals surface area contributed by atoms with Crippen molar-refractivity contribution in [2.24, 2.45) is 11.8 Å². The summed E-state index contributed by atoms with van der Waals surface area (Å²) in [7, 11) is 0. The van der Waals surface area contributed by atoms with Crippen LogP contribution in [0.5, 0.6) is 0 Å². The second-order valence-corrected chi connectivity index (χ2v) is 4.37. The highest BCUT2D eigenvalue weighted by atomic mass is 16.2. The molecule has 3 heteroatoms. The summed E-state index contributed by atoms with van der Waals surface area (Å²) in [5, 5.41) is 6.35. The maximum atomic E-state index is 11.6. The topological polar surface area (TPSA) is 41.1 Å². The van der Waals surface area contributed by atoms with Gasteiger partial charge in [-0.15, -0.1) is 0 Å². The molecule has 1 aliphatic heterocycles. The summed E-state index contributed by atoms with van der Waals surface area (Å²) in [6.07, 6.45) is 3.37. The lowest BCUT2D eigenvalue weighted by Gasteiger charge is -2.21. The summed E-state index contributed by atoms with van der Waals surface area (Å²) in [5.41, 5.74) is 0. The number of amides is 1. The van der Waals surface area contributed by atoms with Crippen LogP contribution in [-0.2, 0) is 4.79 Å². The Labute approximate surface area is 79.3 Å². The summed E-state index contributed by atoms with van der Waals surface area (Å²) < 4.78 is 0. The summed E-state index contributed by atoms with van der Waals surface area (Å²) in [5.74, 6) is 1.20. The fraction of sp³-hybridized carbons (Fsp3) is 0.900. The number of carbonyl (C=O) groups is 1. The molecule has 13 heavy (non-hydrogen) atoms. The van der Waals surface area contributed by atoms with E-state index >= 15 is 0 Å². The first-order valence-corrected chi connectivity index (χ1v) is 5.28. The zero-order chi connectivity index (χ0) is 9.26. The number of piperidine rings is 1. The highest BCUT2D eigenvalue weighted by Gasteiger charge is 2.35. The molecule has 0 aromatic heterocycles. The van der Waals surface area contributed by atoms with Crippen molar-refractivity contribution in [3.05, 3.63) is 0 Å².